The minimum Gasteiger partial charge on any atom is -0.352 e. The number of nitrogens with zero attached hydrogens (tertiary/aromatic N) is 1. The Hall–Kier alpha value is -3.58. The lowest BCUT2D eigenvalue weighted by Crippen LogP contribution is -2.28. The molecule has 0 aliphatic carbocycles. The molecular formula is C28H29N3O3S. The molecule has 3 amide bonds. The first-order valence-electron chi connectivity index (χ1n) is 11.7. The summed E-state index contributed by atoms with van der Waals surface area (Å²) in [5, 5.41) is 5.66. The van der Waals surface area contributed by atoms with E-state index in [9.17, 15) is 14.4 Å². The van der Waals surface area contributed by atoms with E-state index in [4.69, 9.17) is 0 Å². The topological polar surface area (TPSA) is 78.5 Å². The van der Waals surface area contributed by atoms with Crippen LogP contribution in [0.2, 0.25) is 0 Å². The van der Waals surface area contributed by atoms with Gasteiger partial charge in [-0.3, -0.25) is 14.4 Å². The summed E-state index contributed by atoms with van der Waals surface area (Å²) in [6.45, 7) is 5.16. The maximum absolute atomic E-state index is 12.9. The van der Waals surface area contributed by atoms with E-state index in [-0.39, 0.29) is 23.1 Å². The Labute approximate surface area is 210 Å². The largest absolute Gasteiger partial charge is 0.352 e. The molecule has 1 aliphatic rings. The number of anilines is 1. The second-order valence-electron chi connectivity index (χ2n) is 8.90. The normalized spacial score (nSPS) is 15.3. The number of para-hydroxylation sites is 1. The lowest BCUT2D eigenvalue weighted by atomic mass is 10.1. The van der Waals surface area contributed by atoms with Crippen molar-refractivity contribution in [2.75, 3.05) is 17.6 Å². The van der Waals surface area contributed by atoms with Gasteiger partial charge in [0.05, 0.1) is 17.0 Å². The Morgan fingerprint density at radius 1 is 0.943 bits per heavy atom. The fourth-order valence-electron chi connectivity index (χ4n) is 3.86. The van der Waals surface area contributed by atoms with Gasteiger partial charge in [0.15, 0.2) is 0 Å². The van der Waals surface area contributed by atoms with Gasteiger partial charge in [0, 0.05) is 18.7 Å². The second kappa shape index (κ2) is 11.2. The molecule has 0 spiro atoms. The Morgan fingerprint density at radius 3 is 2.34 bits per heavy atom. The van der Waals surface area contributed by atoms with E-state index in [0.29, 0.717) is 41.6 Å². The smallest absolute Gasteiger partial charge is 0.255 e. The van der Waals surface area contributed by atoms with E-state index in [0.717, 1.165) is 11.1 Å². The zero-order valence-corrected chi connectivity index (χ0v) is 20.7. The number of hydrogen-bond donors (Lipinski definition) is 2. The van der Waals surface area contributed by atoms with Crippen LogP contribution in [0.4, 0.5) is 5.69 Å². The van der Waals surface area contributed by atoms with Gasteiger partial charge in [0.1, 0.15) is 5.37 Å². The van der Waals surface area contributed by atoms with Gasteiger partial charge in [-0.15, -0.1) is 11.8 Å². The van der Waals surface area contributed by atoms with Gasteiger partial charge in [0.25, 0.3) is 11.8 Å². The number of hydrogen-bond acceptors (Lipinski definition) is 4. The number of carbonyl (C=O) groups excluding carboxylic acids is 3. The van der Waals surface area contributed by atoms with Gasteiger partial charge < -0.3 is 15.5 Å². The molecule has 1 saturated heterocycles. The minimum atomic E-state index is -0.294. The van der Waals surface area contributed by atoms with E-state index < -0.39 is 0 Å². The summed E-state index contributed by atoms with van der Waals surface area (Å²) in [5.41, 5.74) is 3.43. The van der Waals surface area contributed by atoms with Crippen molar-refractivity contribution >= 4 is 35.2 Å². The molecule has 0 saturated carbocycles. The predicted molar refractivity (Wildman–Crippen MR) is 140 cm³/mol. The van der Waals surface area contributed by atoms with Crippen molar-refractivity contribution in [3.63, 3.8) is 0 Å². The number of benzene rings is 3. The average Bonchev–Trinajstić information content (AvgIpc) is 3.23. The van der Waals surface area contributed by atoms with Crippen LogP contribution in [0.5, 0.6) is 0 Å². The van der Waals surface area contributed by atoms with E-state index in [1.807, 2.05) is 61.2 Å². The van der Waals surface area contributed by atoms with Crippen LogP contribution < -0.4 is 10.6 Å². The fourth-order valence-corrected chi connectivity index (χ4v) is 5.04. The van der Waals surface area contributed by atoms with Crippen LogP contribution in [-0.2, 0) is 11.3 Å². The van der Waals surface area contributed by atoms with Gasteiger partial charge in [0.2, 0.25) is 5.91 Å². The SMILES string of the molecule is CC(C)CNC(=O)c1ccccc1NC(=O)c1ccc([C@@H]2SCC(=O)N2Cc2ccccc2)cc1. The van der Waals surface area contributed by atoms with Crippen molar-refractivity contribution in [1.82, 2.24) is 10.2 Å². The van der Waals surface area contributed by atoms with Crippen LogP contribution in [0.15, 0.2) is 78.9 Å². The van der Waals surface area contributed by atoms with Crippen LogP contribution in [0, 0.1) is 5.92 Å². The third kappa shape index (κ3) is 6.11. The third-order valence-electron chi connectivity index (χ3n) is 5.71. The van der Waals surface area contributed by atoms with Gasteiger partial charge in [-0.05, 0) is 41.3 Å². The molecule has 3 aromatic carbocycles. The van der Waals surface area contributed by atoms with Gasteiger partial charge in [-0.2, -0.15) is 0 Å². The van der Waals surface area contributed by atoms with Gasteiger partial charge >= 0.3 is 0 Å². The molecule has 2 N–H and O–H groups in total. The van der Waals surface area contributed by atoms with E-state index in [1.165, 1.54) is 0 Å². The monoisotopic (exact) mass is 487 g/mol. The highest BCUT2D eigenvalue weighted by Crippen LogP contribution is 2.39. The molecule has 0 radical (unpaired) electrons. The molecule has 4 rings (SSSR count). The molecule has 35 heavy (non-hydrogen) atoms. The number of thioether (sulfide) groups is 1. The standard InChI is InChI=1S/C28H29N3O3S/c1-19(2)16-29-27(34)23-10-6-7-11-24(23)30-26(33)21-12-14-22(15-13-21)28-31(25(32)18-35-28)17-20-8-4-3-5-9-20/h3-15,19,28H,16-18H2,1-2H3,(H,29,34)(H,30,33)/t28-/m0/s1. The van der Waals surface area contributed by atoms with Crippen LogP contribution in [0.3, 0.4) is 0 Å². The maximum Gasteiger partial charge on any atom is 0.255 e. The molecule has 1 heterocycles. The van der Waals surface area contributed by atoms with Crippen molar-refractivity contribution in [3.8, 4) is 0 Å². The quantitative estimate of drug-likeness (QED) is 0.463. The number of nitrogens with one attached hydrogen (secondary N) is 2. The molecule has 1 atom stereocenters. The molecule has 0 unspecified atom stereocenters. The zero-order valence-electron chi connectivity index (χ0n) is 19.9. The van der Waals surface area contributed by atoms with Crippen molar-refractivity contribution in [3.05, 3.63) is 101 Å². The maximum atomic E-state index is 12.9. The van der Waals surface area contributed by atoms with Gasteiger partial charge in [-0.25, -0.2) is 0 Å². The van der Waals surface area contributed by atoms with Crippen LogP contribution in [0.25, 0.3) is 0 Å². The minimum absolute atomic E-state index is 0.0924. The van der Waals surface area contributed by atoms with E-state index >= 15 is 0 Å². The van der Waals surface area contributed by atoms with E-state index in [2.05, 4.69) is 10.6 Å². The first-order chi connectivity index (χ1) is 16.9. The summed E-state index contributed by atoms with van der Waals surface area (Å²) >= 11 is 1.59. The molecular weight excluding hydrogens is 458 g/mol. The number of rotatable bonds is 8. The summed E-state index contributed by atoms with van der Waals surface area (Å²) in [6.07, 6.45) is 0. The summed E-state index contributed by atoms with van der Waals surface area (Å²) < 4.78 is 0. The van der Waals surface area contributed by atoms with Crippen molar-refractivity contribution in [2.24, 2.45) is 5.92 Å². The predicted octanol–water partition coefficient (Wildman–Crippen LogP) is 5.10. The van der Waals surface area contributed by atoms with Crippen LogP contribution >= 0.6 is 11.8 Å². The summed E-state index contributed by atoms with van der Waals surface area (Å²) in [4.78, 5) is 39.9. The average molecular weight is 488 g/mol. The van der Waals surface area contributed by atoms with Crippen molar-refractivity contribution in [1.29, 1.82) is 0 Å². The molecule has 1 fully saturated rings. The first-order valence-corrected chi connectivity index (χ1v) is 12.7. The third-order valence-corrected chi connectivity index (χ3v) is 6.97. The molecule has 0 aromatic heterocycles. The molecule has 180 valence electrons. The molecule has 1 aliphatic heterocycles. The Bertz CT molecular complexity index is 1200. The summed E-state index contributed by atoms with van der Waals surface area (Å²) in [5.74, 6) is 0.368. The fraction of sp³-hybridized carbons (Fsp3) is 0.250. The summed E-state index contributed by atoms with van der Waals surface area (Å²) in [7, 11) is 0. The highest BCUT2D eigenvalue weighted by Gasteiger charge is 2.32. The first kappa shape index (κ1) is 24.5. The second-order valence-corrected chi connectivity index (χ2v) is 9.96. The van der Waals surface area contributed by atoms with E-state index in [1.54, 1.807) is 48.2 Å². The molecule has 0 bridgehead atoms. The number of amides is 3. The van der Waals surface area contributed by atoms with Crippen LogP contribution in [0.1, 0.15) is 51.1 Å². The lowest BCUT2D eigenvalue weighted by molar-refractivity contribution is -0.128. The van der Waals surface area contributed by atoms with Gasteiger partial charge in [-0.1, -0.05) is 68.4 Å². The Kier molecular flexibility index (Phi) is 7.87. The Balaban J connectivity index is 1.45. The Morgan fingerprint density at radius 2 is 1.63 bits per heavy atom. The van der Waals surface area contributed by atoms with Crippen molar-refractivity contribution in [2.45, 2.75) is 25.8 Å². The molecule has 7 heteroatoms. The van der Waals surface area contributed by atoms with Crippen molar-refractivity contribution < 1.29 is 14.4 Å². The summed E-state index contributed by atoms with van der Waals surface area (Å²) in [6, 6.07) is 24.2. The highest BCUT2D eigenvalue weighted by atomic mass is 32.2. The highest BCUT2D eigenvalue weighted by molar-refractivity contribution is 8.00. The van der Waals surface area contributed by atoms with Crippen LogP contribution in [-0.4, -0.2) is 34.9 Å². The number of carbonyl (C=O) groups is 3. The molecule has 3 aromatic rings. The molecule has 6 nitrogen and oxygen atoms in total. The lowest BCUT2D eigenvalue weighted by Gasteiger charge is -2.24. The zero-order chi connectivity index (χ0) is 24.8.